The Morgan fingerprint density at radius 3 is 3.00 bits per heavy atom. The molecule has 1 aliphatic rings. The van der Waals surface area contributed by atoms with Crippen molar-refractivity contribution in [1.29, 1.82) is 0 Å². The van der Waals surface area contributed by atoms with E-state index in [4.69, 9.17) is 9.52 Å². The summed E-state index contributed by atoms with van der Waals surface area (Å²) in [5, 5.41) is 8.13. The van der Waals surface area contributed by atoms with Crippen molar-refractivity contribution in [2.75, 3.05) is 31.9 Å². The lowest BCUT2D eigenvalue weighted by Crippen LogP contribution is -2.49. The number of pyridine rings is 1. The normalized spacial score (nSPS) is 17.5. The fraction of sp³-hybridized carbons (Fsp3) is 0.579. The second-order valence-electron chi connectivity index (χ2n) is 6.82. The van der Waals surface area contributed by atoms with E-state index in [0.717, 1.165) is 31.3 Å². The first kappa shape index (κ1) is 22.9. The van der Waals surface area contributed by atoms with Crippen LogP contribution in [0.2, 0.25) is 0 Å². The first-order chi connectivity index (χ1) is 13.2. The number of nitrogens with one attached hydrogen (secondary N) is 1. The summed E-state index contributed by atoms with van der Waals surface area (Å²) in [5.41, 5.74) is 0.693. The van der Waals surface area contributed by atoms with Crippen molar-refractivity contribution >= 4 is 41.7 Å². The van der Waals surface area contributed by atoms with Gasteiger partial charge in [0.1, 0.15) is 5.69 Å². The molecule has 1 fully saturated rings. The number of thioether (sulfide) groups is 1. The molecular weight excluding hydrogens is 487 g/mol. The molecule has 0 amide bonds. The Balaban J connectivity index is 0.00000280. The fourth-order valence-electron chi connectivity index (χ4n) is 2.91. The Kier molecular flexibility index (Phi) is 9.49. The number of aliphatic imine (C=N–C) groups is 1. The van der Waals surface area contributed by atoms with Gasteiger partial charge < -0.3 is 14.7 Å². The predicted molar refractivity (Wildman–Crippen MR) is 125 cm³/mol. The van der Waals surface area contributed by atoms with Gasteiger partial charge >= 0.3 is 0 Å². The van der Waals surface area contributed by atoms with Crippen LogP contribution in [0.5, 0.6) is 0 Å². The molecule has 9 heteroatoms. The second-order valence-corrected chi connectivity index (χ2v) is 8.16. The van der Waals surface area contributed by atoms with Gasteiger partial charge in [0, 0.05) is 49.8 Å². The Morgan fingerprint density at radius 2 is 2.29 bits per heavy atom. The highest BCUT2D eigenvalue weighted by Crippen LogP contribution is 2.24. The summed E-state index contributed by atoms with van der Waals surface area (Å²) in [6.07, 6.45) is 2.36. The zero-order valence-electron chi connectivity index (χ0n) is 16.7. The molecule has 0 saturated carbocycles. The smallest absolute Gasteiger partial charge is 0.276 e. The highest BCUT2D eigenvalue weighted by molar-refractivity contribution is 14.0. The first-order valence-corrected chi connectivity index (χ1v) is 10.6. The molecule has 1 saturated heterocycles. The van der Waals surface area contributed by atoms with E-state index in [2.05, 4.69) is 57.9 Å². The molecule has 2 aromatic heterocycles. The minimum Gasteiger partial charge on any atom is -0.357 e. The lowest BCUT2D eigenvalue weighted by atomic mass is 10.1. The first-order valence-electron chi connectivity index (χ1n) is 9.56. The molecule has 0 aliphatic carbocycles. The molecule has 0 radical (unpaired) electrons. The number of aromatic nitrogens is 3. The monoisotopic (exact) mass is 516 g/mol. The SMILES string of the molecule is CCNC(=NCCc1noc(-c2ccccn2)n1)N1CCSC(C(C)C)C1.I. The van der Waals surface area contributed by atoms with Crippen LogP contribution in [0.4, 0.5) is 0 Å². The van der Waals surface area contributed by atoms with Crippen LogP contribution in [0.25, 0.3) is 11.6 Å². The Hall–Kier alpha value is -1.36. The second kappa shape index (κ2) is 11.6. The van der Waals surface area contributed by atoms with Crippen LogP contribution in [0.15, 0.2) is 33.9 Å². The van der Waals surface area contributed by atoms with Gasteiger partial charge in [-0.2, -0.15) is 16.7 Å². The summed E-state index contributed by atoms with van der Waals surface area (Å²) < 4.78 is 5.31. The Bertz CT molecular complexity index is 739. The maximum Gasteiger partial charge on any atom is 0.276 e. The standard InChI is InChI=1S/C19H28N6OS.HI/c1-4-20-19(25-11-12-27-16(13-25)14(2)3)22-10-8-17-23-18(26-24-17)15-7-5-6-9-21-15;/h5-7,9,14,16H,4,8,10-13H2,1-3H3,(H,20,22);1H. The van der Waals surface area contributed by atoms with Gasteiger partial charge in [0.25, 0.3) is 5.89 Å². The average molecular weight is 516 g/mol. The Labute approximate surface area is 188 Å². The van der Waals surface area contributed by atoms with E-state index in [-0.39, 0.29) is 24.0 Å². The van der Waals surface area contributed by atoms with E-state index in [0.29, 0.717) is 41.5 Å². The maximum atomic E-state index is 5.31. The molecule has 28 heavy (non-hydrogen) atoms. The van der Waals surface area contributed by atoms with Gasteiger partial charge in [-0.3, -0.25) is 9.98 Å². The lowest BCUT2D eigenvalue weighted by Gasteiger charge is -2.36. The number of rotatable bonds is 6. The molecular formula is C19H29IN6OS. The van der Waals surface area contributed by atoms with Gasteiger partial charge in [0.05, 0.1) is 0 Å². The molecule has 3 heterocycles. The predicted octanol–water partition coefficient (Wildman–Crippen LogP) is 3.33. The number of guanidine groups is 1. The molecule has 0 aromatic carbocycles. The van der Waals surface area contributed by atoms with Crippen molar-refractivity contribution in [1.82, 2.24) is 25.3 Å². The van der Waals surface area contributed by atoms with E-state index in [1.54, 1.807) is 6.20 Å². The van der Waals surface area contributed by atoms with Crippen LogP contribution in [-0.2, 0) is 6.42 Å². The highest BCUT2D eigenvalue weighted by Gasteiger charge is 2.24. The highest BCUT2D eigenvalue weighted by atomic mass is 127. The van der Waals surface area contributed by atoms with Crippen LogP contribution in [-0.4, -0.2) is 63.2 Å². The van der Waals surface area contributed by atoms with Crippen molar-refractivity contribution in [3.05, 3.63) is 30.2 Å². The molecule has 3 rings (SSSR count). The van der Waals surface area contributed by atoms with Gasteiger partial charge in [-0.05, 0) is 25.0 Å². The third-order valence-corrected chi connectivity index (χ3v) is 5.96. The number of hydrogen-bond donors (Lipinski definition) is 1. The maximum absolute atomic E-state index is 5.31. The van der Waals surface area contributed by atoms with Crippen LogP contribution in [0.3, 0.4) is 0 Å². The van der Waals surface area contributed by atoms with E-state index in [1.807, 2.05) is 18.2 Å². The zero-order chi connectivity index (χ0) is 19.1. The van der Waals surface area contributed by atoms with Crippen LogP contribution in [0.1, 0.15) is 26.6 Å². The van der Waals surface area contributed by atoms with Crippen molar-refractivity contribution in [3.63, 3.8) is 0 Å². The summed E-state index contributed by atoms with van der Waals surface area (Å²) in [6.45, 7) is 10.3. The summed E-state index contributed by atoms with van der Waals surface area (Å²) in [7, 11) is 0. The van der Waals surface area contributed by atoms with Crippen molar-refractivity contribution in [2.24, 2.45) is 10.9 Å². The number of halogens is 1. The minimum atomic E-state index is 0. The van der Waals surface area contributed by atoms with Crippen molar-refractivity contribution in [2.45, 2.75) is 32.4 Å². The quantitative estimate of drug-likeness (QED) is 0.359. The molecule has 154 valence electrons. The molecule has 7 nitrogen and oxygen atoms in total. The third-order valence-electron chi connectivity index (χ3n) is 4.42. The summed E-state index contributed by atoms with van der Waals surface area (Å²) in [5.74, 6) is 3.91. The molecule has 2 aromatic rings. The fourth-order valence-corrected chi connectivity index (χ4v) is 4.21. The summed E-state index contributed by atoms with van der Waals surface area (Å²) >= 11 is 2.07. The third kappa shape index (κ3) is 6.33. The zero-order valence-corrected chi connectivity index (χ0v) is 19.8. The molecule has 1 aliphatic heterocycles. The van der Waals surface area contributed by atoms with Crippen molar-refractivity contribution < 1.29 is 4.52 Å². The van der Waals surface area contributed by atoms with Crippen LogP contribution < -0.4 is 5.32 Å². The van der Waals surface area contributed by atoms with Gasteiger partial charge in [-0.1, -0.05) is 25.1 Å². The topological polar surface area (TPSA) is 79.4 Å². The largest absolute Gasteiger partial charge is 0.357 e. The van der Waals surface area contributed by atoms with E-state index in [1.165, 1.54) is 0 Å². The Morgan fingerprint density at radius 1 is 1.43 bits per heavy atom. The van der Waals surface area contributed by atoms with E-state index < -0.39 is 0 Å². The van der Waals surface area contributed by atoms with Crippen LogP contribution in [0, 0.1) is 5.92 Å². The molecule has 1 unspecified atom stereocenters. The summed E-state index contributed by atoms with van der Waals surface area (Å²) in [4.78, 5) is 15.8. The van der Waals surface area contributed by atoms with Gasteiger partial charge in [-0.25, -0.2) is 0 Å². The van der Waals surface area contributed by atoms with Crippen molar-refractivity contribution in [3.8, 4) is 11.6 Å². The van der Waals surface area contributed by atoms with E-state index >= 15 is 0 Å². The van der Waals surface area contributed by atoms with Crippen LogP contribution >= 0.6 is 35.7 Å². The van der Waals surface area contributed by atoms with Gasteiger partial charge in [0.2, 0.25) is 0 Å². The summed E-state index contributed by atoms with van der Waals surface area (Å²) in [6, 6.07) is 5.62. The number of hydrogen-bond acceptors (Lipinski definition) is 6. The molecule has 0 bridgehead atoms. The van der Waals surface area contributed by atoms with Gasteiger partial charge in [0.15, 0.2) is 11.8 Å². The van der Waals surface area contributed by atoms with Gasteiger partial charge in [-0.15, -0.1) is 24.0 Å². The molecule has 1 N–H and O–H groups in total. The number of nitrogens with zero attached hydrogens (tertiary/aromatic N) is 5. The lowest BCUT2D eigenvalue weighted by molar-refractivity contribution is 0.380. The van der Waals surface area contributed by atoms with E-state index in [9.17, 15) is 0 Å². The molecule has 0 spiro atoms. The minimum absolute atomic E-state index is 0. The molecule has 1 atom stereocenters. The average Bonchev–Trinajstić information content (AvgIpc) is 3.17.